The second kappa shape index (κ2) is 6.31. The number of carbonyl (C=O) groups excluding carboxylic acids is 1. The fraction of sp³-hybridized carbons (Fsp3) is 0. The van der Waals surface area contributed by atoms with Gasteiger partial charge in [-0.3, -0.25) is 9.78 Å². The van der Waals surface area contributed by atoms with Crippen LogP contribution >= 0.6 is 11.3 Å². The van der Waals surface area contributed by atoms with Gasteiger partial charge >= 0.3 is 0 Å². The van der Waals surface area contributed by atoms with Gasteiger partial charge in [0.2, 0.25) is 0 Å². The van der Waals surface area contributed by atoms with Gasteiger partial charge < -0.3 is 10.6 Å². The molecular formula is C15H11FN4OS. The highest BCUT2D eigenvalue weighted by atomic mass is 32.1. The lowest BCUT2D eigenvalue weighted by Crippen LogP contribution is -2.12. The molecule has 0 fully saturated rings. The molecule has 0 atom stereocenters. The average molecular weight is 314 g/mol. The molecule has 0 saturated carbocycles. The quantitative estimate of drug-likeness (QED) is 0.771. The minimum Gasteiger partial charge on any atom is -0.330 e. The molecule has 2 heterocycles. The predicted octanol–water partition coefficient (Wildman–Crippen LogP) is 3.67. The lowest BCUT2D eigenvalue weighted by atomic mass is 10.3. The molecule has 1 aromatic carbocycles. The molecular weight excluding hydrogens is 303 g/mol. The van der Waals surface area contributed by atoms with E-state index in [4.69, 9.17) is 0 Å². The Hall–Kier alpha value is -2.80. The third kappa shape index (κ3) is 3.44. The summed E-state index contributed by atoms with van der Waals surface area (Å²) in [5, 5.41) is 7.97. The maximum atomic E-state index is 12.8. The fourth-order valence-electron chi connectivity index (χ4n) is 1.72. The molecule has 0 aliphatic rings. The standard InChI is InChI=1S/C15H11FN4OS/c16-10-3-5-11(6-4-10)18-14(21)13-9-22-15(20-13)19-12-2-1-7-17-8-12/h1-9H,(H,18,21)(H,19,20). The van der Waals surface area contributed by atoms with Crippen LogP contribution in [0.2, 0.25) is 0 Å². The summed E-state index contributed by atoms with van der Waals surface area (Å²) >= 11 is 1.31. The first-order chi connectivity index (χ1) is 10.7. The number of thiazole rings is 1. The van der Waals surface area contributed by atoms with E-state index in [1.54, 1.807) is 23.8 Å². The second-order valence-electron chi connectivity index (χ2n) is 4.37. The minimum atomic E-state index is -0.352. The predicted molar refractivity (Wildman–Crippen MR) is 84.0 cm³/mol. The average Bonchev–Trinajstić information content (AvgIpc) is 2.99. The van der Waals surface area contributed by atoms with Crippen LogP contribution < -0.4 is 10.6 Å². The number of amides is 1. The van der Waals surface area contributed by atoms with Gasteiger partial charge in [-0.15, -0.1) is 11.3 Å². The smallest absolute Gasteiger partial charge is 0.275 e. The van der Waals surface area contributed by atoms with Gasteiger partial charge in [0, 0.05) is 17.3 Å². The number of halogens is 1. The van der Waals surface area contributed by atoms with E-state index < -0.39 is 0 Å². The normalized spacial score (nSPS) is 10.2. The molecule has 0 bridgehead atoms. The summed E-state index contributed by atoms with van der Waals surface area (Å²) in [6.45, 7) is 0. The van der Waals surface area contributed by atoms with Crippen molar-refractivity contribution in [2.24, 2.45) is 0 Å². The van der Waals surface area contributed by atoms with Crippen LogP contribution in [0.1, 0.15) is 10.5 Å². The van der Waals surface area contributed by atoms with E-state index >= 15 is 0 Å². The SMILES string of the molecule is O=C(Nc1ccc(F)cc1)c1csc(Nc2cccnc2)n1. The molecule has 0 aliphatic carbocycles. The first-order valence-corrected chi connectivity index (χ1v) is 7.28. The number of hydrogen-bond acceptors (Lipinski definition) is 5. The van der Waals surface area contributed by atoms with E-state index in [1.807, 2.05) is 6.07 Å². The highest BCUT2D eigenvalue weighted by Crippen LogP contribution is 2.21. The Balaban J connectivity index is 1.67. The van der Waals surface area contributed by atoms with Crippen molar-refractivity contribution >= 4 is 33.8 Å². The van der Waals surface area contributed by atoms with Gasteiger partial charge in [0.05, 0.1) is 11.9 Å². The van der Waals surface area contributed by atoms with Gasteiger partial charge in [-0.1, -0.05) is 0 Å². The zero-order valence-electron chi connectivity index (χ0n) is 11.3. The van der Waals surface area contributed by atoms with Crippen LogP contribution in [0.4, 0.5) is 20.9 Å². The maximum absolute atomic E-state index is 12.8. The fourth-order valence-corrected chi connectivity index (χ4v) is 2.43. The summed E-state index contributed by atoms with van der Waals surface area (Å²) in [5.74, 6) is -0.697. The van der Waals surface area contributed by atoms with Crippen molar-refractivity contribution in [3.05, 3.63) is 65.7 Å². The molecule has 2 aromatic heterocycles. The summed E-state index contributed by atoms with van der Waals surface area (Å²) in [6, 6.07) is 9.21. The van der Waals surface area contributed by atoms with Crippen molar-refractivity contribution in [1.29, 1.82) is 0 Å². The number of anilines is 3. The Morgan fingerprint density at radius 1 is 1.14 bits per heavy atom. The molecule has 3 aromatic rings. The van der Waals surface area contributed by atoms with Crippen LogP contribution in [0, 0.1) is 5.82 Å². The number of nitrogens with one attached hydrogen (secondary N) is 2. The summed E-state index contributed by atoms with van der Waals surface area (Å²) in [4.78, 5) is 20.3. The molecule has 2 N–H and O–H groups in total. The molecule has 0 saturated heterocycles. The molecule has 110 valence electrons. The van der Waals surface area contributed by atoms with Gasteiger partial charge in [0.1, 0.15) is 11.5 Å². The molecule has 0 spiro atoms. The summed E-state index contributed by atoms with van der Waals surface area (Å²) < 4.78 is 12.8. The van der Waals surface area contributed by atoms with Crippen LogP contribution in [0.3, 0.4) is 0 Å². The van der Waals surface area contributed by atoms with Gasteiger partial charge in [-0.25, -0.2) is 9.37 Å². The Morgan fingerprint density at radius 3 is 2.68 bits per heavy atom. The van der Waals surface area contributed by atoms with Crippen molar-refractivity contribution in [3.63, 3.8) is 0 Å². The molecule has 3 rings (SSSR count). The Labute approximate surface area is 129 Å². The van der Waals surface area contributed by atoms with Gasteiger partial charge in [-0.05, 0) is 36.4 Å². The van der Waals surface area contributed by atoms with Gasteiger partial charge in [0.15, 0.2) is 5.13 Å². The van der Waals surface area contributed by atoms with Crippen molar-refractivity contribution in [3.8, 4) is 0 Å². The molecule has 1 amide bonds. The zero-order chi connectivity index (χ0) is 15.4. The van der Waals surface area contributed by atoms with Crippen LogP contribution in [-0.4, -0.2) is 15.9 Å². The van der Waals surface area contributed by atoms with E-state index in [2.05, 4.69) is 20.6 Å². The Bertz CT molecular complexity index is 774. The van der Waals surface area contributed by atoms with Crippen molar-refractivity contribution in [2.75, 3.05) is 10.6 Å². The van der Waals surface area contributed by atoms with E-state index in [0.29, 0.717) is 16.5 Å². The summed E-state index contributed by atoms with van der Waals surface area (Å²) in [7, 11) is 0. The number of hydrogen-bond donors (Lipinski definition) is 2. The van der Waals surface area contributed by atoms with Crippen LogP contribution in [0.15, 0.2) is 54.2 Å². The molecule has 0 unspecified atom stereocenters. The zero-order valence-corrected chi connectivity index (χ0v) is 12.1. The number of carbonyl (C=O) groups is 1. The lowest BCUT2D eigenvalue weighted by molar-refractivity contribution is 0.102. The number of pyridine rings is 1. The largest absolute Gasteiger partial charge is 0.330 e. The van der Waals surface area contributed by atoms with Crippen molar-refractivity contribution < 1.29 is 9.18 Å². The molecule has 5 nitrogen and oxygen atoms in total. The number of nitrogens with zero attached hydrogens (tertiary/aromatic N) is 2. The molecule has 22 heavy (non-hydrogen) atoms. The second-order valence-corrected chi connectivity index (χ2v) is 5.22. The summed E-state index contributed by atoms with van der Waals surface area (Å²) in [6.07, 6.45) is 3.34. The molecule has 0 aliphatic heterocycles. The molecule has 0 radical (unpaired) electrons. The Kier molecular flexibility index (Phi) is 4.06. The van der Waals surface area contributed by atoms with E-state index in [-0.39, 0.29) is 11.7 Å². The van der Waals surface area contributed by atoms with Gasteiger partial charge in [-0.2, -0.15) is 0 Å². The number of benzene rings is 1. The van der Waals surface area contributed by atoms with Gasteiger partial charge in [0.25, 0.3) is 5.91 Å². The molecule has 7 heteroatoms. The number of aromatic nitrogens is 2. The minimum absolute atomic E-state index is 0.292. The first-order valence-electron chi connectivity index (χ1n) is 6.40. The number of rotatable bonds is 4. The van der Waals surface area contributed by atoms with E-state index in [0.717, 1.165) is 5.69 Å². The third-order valence-electron chi connectivity index (χ3n) is 2.75. The van der Waals surface area contributed by atoms with E-state index in [1.165, 1.54) is 35.6 Å². The van der Waals surface area contributed by atoms with Crippen LogP contribution in [-0.2, 0) is 0 Å². The van der Waals surface area contributed by atoms with Crippen molar-refractivity contribution in [1.82, 2.24) is 9.97 Å². The summed E-state index contributed by atoms with van der Waals surface area (Å²) in [5.41, 5.74) is 1.60. The topological polar surface area (TPSA) is 66.9 Å². The van der Waals surface area contributed by atoms with Crippen LogP contribution in [0.5, 0.6) is 0 Å². The van der Waals surface area contributed by atoms with E-state index in [9.17, 15) is 9.18 Å². The Morgan fingerprint density at radius 2 is 1.95 bits per heavy atom. The highest BCUT2D eigenvalue weighted by Gasteiger charge is 2.11. The lowest BCUT2D eigenvalue weighted by Gasteiger charge is -2.03. The third-order valence-corrected chi connectivity index (χ3v) is 3.51. The maximum Gasteiger partial charge on any atom is 0.275 e. The highest BCUT2D eigenvalue weighted by molar-refractivity contribution is 7.14. The van der Waals surface area contributed by atoms with Crippen LogP contribution in [0.25, 0.3) is 0 Å². The first kappa shape index (κ1) is 14.2. The monoisotopic (exact) mass is 314 g/mol. The van der Waals surface area contributed by atoms with Crippen molar-refractivity contribution in [2.45, 2.75) is 0 Å².